The van der Waals surface area contributed by atoms with Gasteiger partial charge in [0.2, 0.25) is 11.8 Å². The molecule has 1 aromatic rings. The van der Waals surface area contributed by atoms with Crippen LogP contribution in [-0.4, -0.2) is 115 Å². The summed E-state index contributed by atoms with van der Waals surface area (Å²) >= 11 is 0. The van der Waals surface area contributed by atoms with Gasteiger partial charge in [-0.2, -0.15) is 0 Å². The summed E-state index contributed by atoms with van der Waals surface area (Å²) in [6, 6.07) is 8.01. The van der Waals surface area contributed by atoms with Gasteiger partial charge in [0.15, 0.2) is 0 Å². The van der Waals surface area contributed by atoms with Crippen LogP contribution in [0.3, 0.4) is 0 Å². The minimum absolute atomic E-state index is 0.00946. The molecule has 0 unspecified atom stereocenters. The lowest BCUT2D eigenvalue weighted by molar-refractivity contribution is -0.157. The fraction of sp³-hybridized carbons (Fsp3) is 0.633. The summed E-state index contributed by atoms with van der Waals surface area (Å²) in [5.74, 6) is -1.78. The second-order valence-electron chi connectivity index (χ2n) is 10.4. The molecule has 1 atom stereocenters. The number of carbonyl (C=O) groups excluding carboxylic acids is 5. The summed E-state index contributed by atoms with van der Waals surface area (Å²) in [7, 11) is 1.27. The molecule has 254 valence electrons. The Hall–Kier alpha value is -3.79. The minimum atomic E-state index is -1.07. The fourth-order valence-corrected chi connectivity index (χ4v) is 3.29. The molecule has 0 radical (unpaired) electrons. The molecule has 1 rings (SSSR count). The fourth-order valence-electron chi connectivity index (χ4n) is 3.29. The second kappa shape index (κ2) is 23.6. The zero-order chi connectivity index (χ0) is 33.3. The average Bonchev–Trinajstić information content (AvgIpc) is 3.00. The molecule has 0 fully saturated rings. The third-order valence-corrected chi connectivity index (χ3v) is 5.42. The number of hydrogen-bond acceptors (Lipinski definition) is 12. The average molecular weight is 642 g/mol. The van der Waals surface area contributed by atoms with Crippen molar-refractivity contribution in [2.75, 3.05) is 73.1 Å². The Morgan fingerprint density at radius 1 is 0.756 bits per heavy atom. The highest BCUT2D eigenvalue weighted by Crippen LogP contribution is 2.11. The summed E-state index contributed by atoms with van der Waals surface area (Å²) < 4.78 is 35.9. The molecule has 0 aromatic heterocycles. The number of methoxy groups -OCH3 is 1. The number of hydrogen-bond donors (Lipinski definition) is 3. The van der Waals surface area contributed by atoms with Crippen molar-refractivity contribution in [3.8, 4) is 0 Å². The van der Waals surface area contributed by atoms with E-state index in [4.69, 9.17) is 28.4 Å². The number of nitrogens with one attached hydrogen (secondary N) is 3. The number of ether oxygens (including phenoxy) is 7. The van der Waals surface area contributed by atoms with Gasteiger partial charge in [0.05, 0.1) is 46.8 Å². The summed E-state index contributed by atoms with van der Waals surface area (Å²) in [5, 5.41) is 7.81. The summed E-state index contributed by atoms with van der Waals surface area (Å²) in [6.45, 7) is 6.77. The number of alkyl carbamates (subject to hydrolysis) is 1. The zero-order valence-electron chi connectivity index (χ0n) is 26.6. The van der Waals surface area contributed by atoms with Gasteiger partial charge in [-0.05, 0) is 32.8 Å². The van der Waals surface area contributed by atoms with Crippen molar-refractivity contribution in [2.24, 2.45) is 0 Å². The molecule has 3 N–H and O–H groups in total. The molecule has 0 saturated heterocycles. The summed E-state index contributed by atoms with van der Waals surface area (Å²) in [6.07, 6.45) is -0.835. The van der Waals surface area contributed by atoms with Crippen molar-refractivity contribution in [1.82, 2.24) is 16.0 Å². The maximum atomic E-state index is 12.6. The highest BCUT2D eigenvalue weighted by atomic mass is 16.6. The van der Waals surface area contributed by atoms with E-state index in [2.05, 4.69) is 20.7 Å². The predicted molar refractivity (Wildman–Crippen MR) is 160 cm³/mol. The Balaban J connectivity index is 2.15. The lowest BCUT2D eigenvalue weighted by Crippen LogP contribution is -2.45. The van der Waals surface area contributed by atoms with Gasteiger partial charge in [0.25, 0.3) is 0 Å². The normalized spacial score (nSPS) is 11.6. The van der Waals surface area contributed by atoms with E-state index in [9.17, 15) is 24.0 Å². The largest absolute Gasteiger partial charge is 0.467 e. The van der Waals surface area contributed by atoms with E-state index in [-0.39, 0.29) is 90.7 Å². The van der Waals surface area contributed by atoms with E-state index in [0.29, 0.717) is 6.54 Å². The van der Waals surface area contributed by atoms with Gasteiger partial charge in [0.1, 0.15) is 31.5 Å². The van der Waals surface area contributed by atoms with Crippen LogP contribution in [0, 0.1) is 0 Å². The summed E-state index contributed by atoms with van der Waals surface area (Å²) in [4.78, 5) is 59.9. The first-order valence-corrected chi connectivity index (χ1v) is 14.6. The molecular formula is C30H47N3O12. The van der Waals surface area contributed by atoms with Crippen molar-refractivity contribution in [3.05, 3.63) is 35.9 Å². The lowest BCUT2D eigenvalue weighted by Gasteiger charge is -2.24. The van der Waals surface area contributed by atoms with Gasteiger partial charge in [0, 0.05) is 19.5 Å². The molecule has 3 amide bonds. The molecule has 15 nitrogen and oxygen atoms in total. The van der Waals surface area contributed by atoms with Crippen LogP contribution < -0.4 is 16.0 Å². The van der Waals surface area contributed by atoms with Crippen LogP contribution in [0.2, 0.25) is 0 Å². The standard InChI is InChI=1S/C30H47N3O12/c1-30(2,3)45-28(37)24(33-29(38)44-20-23-8-6-5-7-9-23)10-11-25(34)31-12-14-40-16-18-42-21-26(35)32-13-15-41-17-19-43-22-27(36)39-4/h5-9,24H,10-22H2,1-4H3,(H,31,34)(H,32,35)(H,33,38)/t24-/m0/s1. The van der Waals surface area contributed by atoms with Crippen LogP contribution in [0.4, 0.5) is 4.79 Å². The van der Waals surface area contributed by atoms with Crippen LogP contribution in [0.15, 0.2) is 30.3 Å². The SMILES string of the molecule is COC(=O)COCCOCCNC(=O)COCCOCCNC(=O)CC[C@H](NC(=O)OCc1ccccc1)C(=O)OC(C)(C)C. The van der Waals surface area contributed by atoms with Crippen LogP contribution in [0.5, 0.6) is 0 Å². The van der Waals surface area contributed by atoms with Crippen LogP contribution in [0.1, 0.15) is 39.2 Å². The van der Waals surface area contributed by atoms with Gasteiger partial charge in [-0.25, -0.2) is 14.4 Å². The predicted octanol–water partition coefficient (Wildman–Crippen LogP) is 0.875. The second-order valence-corrected chi connectivity index (χ2v) is 10.4. The van der Waals surface area contributed by atoms with Gasteiger partial charge in [-0.15, -0.1) is 0 Å². The first-order valence-electron chi connectivity index (χ1n) is 14.6. The Morgan fingerprint density at radius 3 is 1.93 bits per heavy atom. The van der Waals surface area contributed by atoms with E-state index in [1.165, 1.54) is 7.11 Å². The zero-order valence-corrected chi connectivity index (χ0v) is 26.6. The Kier molecular flexibility index (Phi) is 20.6. The maximum absolute atomic E-state index is 12.6. The number of carbonyl (C=O) groups is 5. The molecule has 0 aliphatic heterocycles. The molecule has 45 heavy (non-hydrogen) atoms. The van der Waals surface area contributed by atoms with Crippen molar-refractivity contribution in [1.29, 1.82) is 0 Å². The van der Waals surface area contributed by atoms with Crippen molar-refractivity contribution < 1.29 is 57.1 Å². The molecule has 0 aliphatic rings. The monoisotopic (exact) mass is 641 g/mol. The first-order chi connectivity index (χ1) is 21.5. The molecule has 1 aromatic carbocycles. The van der Waals surface area contributed by atoms with Crippen molar-refractivity contribution in [2.45, 2.75) is 51.9 Å². The number of benzene rings is 1. The quantitative estimate of drug-likeness (QED) is 0.0871. The van der Waals surface area contributed by atoms with E-state index in [0.717, 1.165) is 5.56 Å². The van der Waals surface area contributed by atoms with E-state index in [1.54, 1.807) is 32.9 Å². The van der Waals surface area contributed by atoms with Crippen LogP contribution >= 0.6 is 0 Å². The Bertz CT molecular complexity index is 1020. The number of amides is 3. The molecule has 15 heteroatoms. The Labute approximate surface area is 263 Å². The number of esters is 2. The van der Waals surface area contributed by atoms with Gasteiger partial charge < -0.3 is 49.1 Å². The maximum Gasteiger partial charge on any atom is 0.408 e. The third-order valence-electron chi connectivity index (χ3n) is 5.42. The number of rotatable bonds is 23. The van der Waals surface area contributed by atoms with Crippen molar-refractivity contribution >= 4 is 29.8 Å². The molecule has 0 saturated carbocycles. The van der Waals surface area contributed by atoms with E-state index >= 15 is 0 Å². The molecule has 0 aliphatic carbocycles. The lowest BCUT2D eigenvalue weighted by atomic mass is 10.1. The summed E-state index contributed by atoms with van der Waals surface area (Å²) in [5.41, 5.74) is 0.00873. The van der Waals surface area contributed by atoms with Gasteiger partial charge >= 0.3 is 18.0 Å². The molecular weight excluding hydrogens is 594 g/mol. The first kappa shape index (κ1) is 39.2. The molecule has 0 spiro atoms. The van der Waals surface area contributed by atoms with Crippen LogP contribution in [0.25, 0.3) is 0 Å². The topological polar surface area (TPSA) is 186 Å². The van der Waals surface area contributed by atoms with Gasteiger partial charge in [-0.1, -0.05) is 30.3 Å². The smallest absolute Gasteiger partial charge is 0.408 e. The molecule has 0 bridgehead atoms. The van der Waals surface area contributed by atoms with E-state index in [1.807, 2.05) is 18.2 Å². The minimum Gasteiger partial charge on any atom is -0.467 e. The Morgan fingerprint density at radius 2 is 1.33 bits per heavy atom. The van der Waals surface area contributed by atoms with E-state index < -0.39 is 29.7 Å². The highest BCUT2D eigenvalue weighted by molar-refractivity contribution is 5.83. The third kappa shape index (κ3) is 22.4. The van der Waals surface area contributed by atoms with Gasteiger partial charge in [-0.3, -0.25) is 9.59 Å². The highest BCUT2D eigenvalue weighted by Gasteiger charge is 2.27. The van der Waals surface area contributed by atoms with Crippen molar-refractivity contribution in [3.63, 3.8) is 0 Å². The molecule has 0 heterocycles. The van der Waals surface area contributed by atoms with Crippen LogP contribution in [-0.2, 0) is 58.9 Å².